The van der Waals surface area contributed by atoms with Crippen molar-refractivity contribution in [2.45, 2.75) is 6.92 Å². The molecule has 0 aliphatic rings. The Labute approximate surface area is 115 Å². The van der Waals surface area contributed by atoms with Gasteiger partial charge in [0.05, 0.1) is 17.2 Å². The fourth-order valence-electron chi connectivity index (χ4n) is 1.64. The first-order valence-corrected chi connectivity index (χ1v) is 6.06. The molecule has 1 heterocycles. The summed E-state index contributed by atoms with van der Waals surface area (Å²) in [5.74, 6) is 0.600. The average Bonchev–Trinajstić information content (AvgIpc) is 2.47. The Hall–Kier alpha value is -2.76. The van der Waals surface area contributed by atoms with E-state index in [2.05, 4.69) is 9.97 Å². The molecule has 0 radical (unpaired) electrons. The van der Waals surface area contributed by atoms with Crippen LogP contribution in [-0.2, 0) is 0 Å². The lowest BCUT2D eigenvalue weighted by Gasteiger charge is -2.06. The van der Waals surface area contributed by atoms with Crippen LogP contribution in [0.3, 0.4) is 0 Å². The van der Waals surface area contributed by atoms with Crippen molar-refractivity contribution in [2.75, 3.05) is 6.61 Å². The van der Waals surface area contributed by atoms with Gasteiger partial charge < -0.3 is 4.74 Å². The van der Waals surface area contributed by atoms with E-state index in [-0.39, 0.29) is 5.69 Å². The zero-order chi connectivity index (χ0) is 14.4. The van der Waals surface area contributed by atoms with E-state index in [0.29, 0.717) is 23.6 Å². The number of nitrogens with zero attached hydrogens (tertiary/aromatic N) is 3. The van der Waals surface area contributed by atoms with Gasteiger partial charge in [0.2, 0.25) is 0 Å². The van der Waals surface area contributed by atoms with Crippen LogP contribution >= 0.6 is 0 Å². The number of rotatable bonds is 5. The number of benzene rings is 1. The second-order valence-electron chi connectivity index (χ2n) is 3.88. The third kappa shape index (κ3) is 3.38. The number of nitro groups is 1. The highest BCUT2D eigenvalue weighted by atomic mass is 16.6. The van der Waals surface area contributed by atoms with Crippen LogP contribution in [0.4, 0.5) is 5.69 Å². The van der Waals surface area contributed by atoms with E-state index in [1.54, 1.807) is 30.5 Å². The molecule has 0 unspecified atom stereocenters. The Balaban J connectivity index is 2.34. The molecule has 0 aliphatic carbocycles. The van der Waals surface area contributed by atoms with Crippen molar-refractivity contribution in [2.24, 2.45) is 0 Å². The van der Waals surface area contributed by atoms with Crippen LogP contribution in [0.15, 0.2) is 36.8 Å². The fraction of sp³-hybridized carbons (Fsp3) is 0.143. The number of nitro benzene ring substituents is 1. The van der Waals surface area contributed by atoms with Gasteiger partial charge in [0.25, 0.3) is 5.69 Å². The van der Waals surface area contributed by atoms with E-state index < -0.39 is 4.92 Å². The maximum atomic E-state index is 10.8. The molecule has 20 heavy (non-hydrogen) atoms. The average molecular weight is 271 g/mol. The van der Waals surface area contributed by atoms with Crippen molar-refractivity contribution in [3.05, 3.63) is 58.2 Å². The van der Waals surface area contributed by atoms with Gasteiger partial charge >= 0.3 is 0 Å². The molecule has 0 N–H and O–H groups in total. The molecule has 6 nitrogen and oxygen atoms in total. The molecule has 0 saturated heterocycles. The third-order valence-electron chi connectivity index (χ3n) is 2.54. The molecule has 102 valence electrons. The van der Waals surface area contributed by atoms with Crippen LogP contribution in [0.1, 0.15) is 18.2 Å². The van der Waals surface area contributed by atoms with E-state index in [4.69, 9.17) is 4.74 Å². The predicted octanol–water partition coefficient (Wildman–Crippen LogP) is 2.95. The van der Waals surface area contributed by atoms with Gasteiger partial charge in [0, 0.05) is 23.9 Å². The zero-order valence-electron chi connectivity index (χ0n) is 10.9. The molecular formula is C14H13N3O3. The van der Waals surface area contributed by atoms with Gasteiger partial charge in [0.15, 0.2) is 0 Å². The first-order chi connectivity index (χ1) is 9.70. The highest BCUT2D eigenvalue weighted by Gasteiger charge is 2.09. The van der Waals surface area contributed by atoms with Gasteiger partial charge in [-0.15, -0.1) is 0 Å². The van der Waals surface area contributed by atoms with Gasteiger partial charge in [0.1, 0.15) is 12.1 Å². The molecule has 0 saturated carbocycles. The number of hydrogen-bond donors (Lipinski definition) is 0. The standard InChI is InChI=1S/C14H13N3O3/c1-2-20-14-6-5-13(17(18)19)9-11(14)3-4-12-7-8-15-10-16-12/h3-10H,2H2,1H3/b4-3+. The van der Waals surface area contributed by atoms with Crippen molar-refractivity contribution in [3.63, 3.8) is 0 Å². The van der Waals surface area contributed by atoms with Crippen molar-refractivity contribution in [3.8, 4) is 5.75 Å². The summed E-state index contributed by atoms with van der Waals surface area (Å²) in [4.78, 5) is 18.3. The van der Waals surface area contributed by atoms with Gasteiger partial charge in [-0.1, -0.05) is 0 Å². The van der Waals surface area contributed by atoms with Crippen molar-refractivity contribution in [1.82, 2.24) is 9.97 Å². The quantitative estimate of drug-likeness (QED) is 0.617. The molecule has 0 bridgehead atoms. The molecule has 0 fully saturated rings. The number of non-ortho nitro benzene ring substituents is 1. The Morgan fingerprint density at radius 3 is 2.85 bits per heavy atom. The van der Waals surface area contributed by atoms with E-state index in [0.717, 1.165) is 0 Å². The van der Waals surface area contributed by atoms with Crippen molar-refractivity contribution >= 4 is 17.8 Å². The monoisotopic (exact) mass is 271 g/mol. The number of hydrogen-bond acceptors (Lipinski definition) is 5. The topological polar surface area (TPSA) is 78.2 Å². The highest BCUT2D eigenvalue weighted by Crippen LogP contribution is 2.26. The van der Waals surface area contributed by atoms with E-state index in [9.17, 15) is 10.1 Å². The second kappa shape index (κ2) is 6.42. The van der Waals surface area contributed by atoms with Crippen LogP contribution in [-0.4, -0.2) is 21.5 Å². The van der Waals surface area contributed by atoms with Crippen LogP contribution < -0.4 is 4.74 Å². The minimum atomic E-state index is -0.433. The van der Waals surface area contributed by atoms with E-state index >= 15 is 0 Å². The molecule has 6 heteroatoms. The van der Waals surface area contributed by atoms with Gasteiger partial charge in [-0.3, -0.25) is 10.1 Å². The van der Waals surface area contributed by atoms with Crippen LogP contribution in [0.5, 0.6) is 5.75 Å². The zero-order valence-corrected chi connectivity index (χ0v) is 10.9. The largest absolute Gasteiger partial charge is 0.493 e. The maximum absolute atomic E-state index is 10.8. The summed E-state index contributed by atoms with van der Waals surface area (Å²) in [6, 6.07) is 6.24. The summed E-state index contributed by atoms with van der Waals surface area (Å²) in [6.07, 6.45) is 6.56. The summed E-state index contributed by atoms with van der Waals surface area (Å²) in [5, 5.41) is 10.8. The maximum Gasteiger partial charge on any atom is 0.270 e. The van der Waals surface area contributed by atoms with Gasteiger partial charge in [-0.25, -0.2) is 9.97 Å². The lowest BCUT2D eigenvalue weighted by molar-refractivity contribution is -0.384. The molecule has 0 spiro atoms. The summed E-state index contributed by atoms with van der Waals surface area (Å²) in [5.41, 5.74) is 1.38. The first-order valence-electron chi connectivity index (χ1n) is 6.06. The van der Waals surface area contributed by atoms with E-state index in [1.807, 2.05) is 6.92 Å². The first kappa shape index (κ1) is 13.7. The molecule has 0 atom stereocenters. The highest BCUT2D eigenvalue weighted by molar-refractivity contribution is 5.72. The Morgan fingerprint density at radius 2 is 2.20 bits per heavy atom. The predicted molar refractivity (Wildman–Crippen MR) is 75.2 cm³/mol. The summed E-state index contributed by atoms with van der Waals surface area (Å²) < 4.78 is 5.45. The van der Waals surface area contributed by atoms with Gasteiger partial charge in [-0.05, 0) is 31.2 Å². The Bertz CT molecular complexity index is 627. The molecule has 0 aliphatic heterocycles. The number of aromatic nitrogens is 2. The lowest BCUT2D eigenvalue weighted by Crippen LogP contribution is -1.95. The second-order valence-corrected chi connectivity index (χ2v) is 3.88. The normalized spacial score (nSPS) is 10.7. The third-order valence-corrected chi connectivity index (χ3v) is 2.54. The molecule has 0 amide bonds. The molecule has 1 aromatic carbocycles. The molecule has 2 aromatic rings. The Kier molecular flexibility index (Phi) is 4.39. The Morgan fingerprint density at radius 1 is 1.35 bits per heavy atom. The van der Waals surface area contributed by atoms with Crippen LogP contribution in [0.25, 0.3) is 12.2 Å². The SMILES string of the molecule is CCOc1ccc([N+](=O)[O-])cc1/C=C/c1ccncn1. The van der Waals surface area contributed by atoms with Crippen LogP contribution in [0, 0.1) is 10.1 Å². The molecule has 1 aromatic heterocycles. The molecular weight excluding hydrogens is 258 g/mol. The van der Waals surface area contributed by atoms with Crippen molar-refractivity contribution in [1.29, 1.82) is 0 Å². The lowest BCUT2D eigenvalue weighted by atomic mass is 10.1. The van der Waals surface area contributed by atoms with Gasteiger partial charge in [-0.2, -0.15) is 0 Å². The minimum absolute atomic E-state index is 0.0239. The minimum Gasteiger partial charge on any atom is -0.493 e. The fourth-order valence-corrected chi connectivity index (χ4v) is 1.64. The smallest absolute Gasteiger partial charge is 0.270 e. The van der Waals surface area contributed by atoms with E-state index in [1.165, 1.54) is 18.5 Å². The molecule has 2 rings (SSSR count). The van der Waals surface area contributed by atoms with Crippen LogP contribution in [0.2, 0.25) is 0 Å². The summed E-state index contributed by atoms with van der Waals surface area (Å²) >= 11 is 0. The van der Waals surface area contributed by atoms with Crippen molar-refractivity contribution < 1.29 is 9.66 Å². The summed E-state index contributed by atoms with van der Waals surface area (Å²) in [6.45, 7) is 2.35. The summed E-state index contributed by atoms with van der Waals surface area (Å²) in [7, 11) is 0. The number of ether oxygens (including phenoxy) is 1.